The average molecular weight is 368 g/mol. The molecular formula is C11H14BrNO4S2. The lowest BCUT2D eigenvalue weighted by molar-refractivity contribution is -0.139. The number of carboxylic acids is 1. The number of rotatable bonds is 5. The average Bonchev–Trinajstić information content (AvgIpc) is 2.54. The van der Waals surface area contributed by atoms with Gasteiger partial charge in [0, 0.05) is 10.4 Å². The fraction of sp³-hybridized carbons (Fsp3) is 0.545. The van der Waals surface area contributed by atoms with Gasteiger partial charge in [-0.05, 0) is 48.2 Å². The molecule has 1 aromatic rings. The van der Waals surface area contributed by atoms with Gasteiger partial charge in [0.2, 0.25) is 10.0 Å². The summed E-state index contributed by atoms with van der Waals surface area (Å²) in [6.07, 6.45) is 1.82. The van der Waals surface area contributed by atoms with Crippen LogP contribution in [0.25, 0.3) is 0 Å². The number of aliphatic carboxylic acids is 1. The van der Waals surface area contributed by atoms with Crippen LogP contribution in [0.2, 0.25) is 0 Å². The summed E-state index contributed by atoms with van der Waals surface area (Å²) < 4.78 is 28.0. The van der Waals surface area contributed by atoms with Gasteiger partial charge in [-0.25, -0.2) is 13.1 Å². The molecule has 1 aromatic heterocycles. The molecule has 106 valence electrons. The summed E-state index contributed by atoms with van der Waals surface area (Å²) in [5.74, 6) is -0.981. The first-order valence-electron chi connectivity index (χ1n) is 5.76. The Kier molecular flexibility index (Phi) is 4.06. The summed E-state index contributed by atoms with van der Waals surface area (Å²) in [5, 5.41) is 8.90. The fourth-order valence-corrected chi connectivity index (χ4v) is 6.12. The molecule has 0 aromatic carbocycles. The zero-order chi connectivity index (χ0) is 14.3. The van der Waals surface area contributed by atoms with Crippen LogP contribution in [0.4, 0.5) is 0 Å². The number of halogens is 1. The van der Waals surface area contributed by atoms with Crippen molar-refractivity contribution in [1.29, 1.82) is 0 Å². The van der Waals surface area contributed by atoms with Crippen LogP contribution in [0, 0.1) is 6.92 Å². The highest BCUT2D eigenvalue weighted by molar-refractivity contribution is 9.11. The predicted octanol–water partition coefficient (Wildman–Crippen LogP) is 2.49. The van der Waals surface area contributed by atoms with Crippen LogP contribution in [0.1, 0.15) is 30.6 Å². The van der Waals surface area contributed by atoms with E-state index in [4.69, 9.17) is 5.11 Å². The highest BCUT2D eigenvalue weighted by Gasteiger charge is 2.43. The Labute approximate surface area is 124 Å². The molecule has 19 heavy (non-hydrogen) atoms. The van der Waals surface area contributed by atoms with Crippen molar-refractivity contribution >= 4 is 43.3 Å². The SMILES string of the molecule is Cc1sc(Br)cc1S(=O)(=O)NC1(CC(=O)O)CCC1. The number of hydrogen-bond donors (Lipinski definition) is 2. The van der Waals surface area contributed by atoms with Crippen molar-refractivity contribution < 1.29 is 18.3 Å². The third-order valence-corrected chi connectivity index (χ3v) is 6.67. The largest absolute Gasteiger partial charge is 0.481 e. The summed E-state index contributed by atoms with van der Waals surface area (Å²) in [6, 6.07) is 1.55. The maximum atomic E-state index is 12.3. The van der Waals surface area contributed by atoms with Gasteiger partial charge in [0.25, 0.3) is 0 Å². The van der Waals surface area contributed by atoms with Crippen molar-refractivity contribution in [2.45, 2.75) is 43.0 Å². The van der Waals surface area contributed by atoms with E-state index < -0.39 is 21.5 Å². The van der Waals surface area contributed by atoms with Crippen LogP contribution in [-0.4, -0.2) is 25.0 Å². The molecule has 0 bridgehead atoms. The number of sulfonamides is 1. The lowest BCUT2D eigenvalue weighted by atomic mass is 9.75. The molecule has 1 heterocycles. The van der Waals surface area contributed by atoms with Crippen molar-refractivity contribution in [1.82, 2.24) is 4.72 Å². The zero-order valence-corrected chi connectivity index (χ0v) is 13.5. The van der Waals surface area contributed by atoms with Gasteiger partial charge in [-0.2, -0.15) is 0 Å². The van der Waals surface area contributed by atoms with Crippen molar-refractivity contribution in [3.05, 3.63) is 14.7 Å². The second kappa shape index (κ2) is 5.16. The molecule has 0 amide bonds. The number of hydrogen-bond acceptors (Lipinski definition) is 4. The van der Waals surface area contributed by atoms with Gasteiger partial charge in [-0.15, -0.1) is 11.3 Å². The van der Waals surface area contributed by atoms with Gasteiger partial charge in [0.15, 0.2) is 0 Å². The highest BCUT2D eigenvalue weighted by Crippen LogP contribution is 2.38. The van der Waals surface area contributed by atoms with Gasteiger partial charge in [-0.1, -0.05) is 0 Å². The molecule has 0 unspecified atom stereocenters. The Bertz CT molecular complexity index is 604. The van der Waals surface area contributed by atoms with E-state index in [2.05, 4.69) is 20.7 Å². The second-order valence-corrected chi connectivity index (χ2v) is 9.07. The Hall–Kier alpha value is -0.440. The first-order valence-corrected chi connectivity index (χ1v) is 8.85. The maximum absolute atomic E-state index is 12.3. The Morgan fingerprint density at radius 2 is 2.21 bits per heavy atom. The minimum absolute atomic E-state index is 0.170. The van der Waals surface area contributed by atoms with Gasteiger partial charge in [-0.3, -0.25) is 4.79 Å². The van der Waals surface area contributed by atoms with Gasteiger partial charge in [0.1, 0.15) is 0 Å². The van der Waals surface area contributed by atoms with Gasteiger partial charge >= 0.3 is 5.97 Å². The van der Waals surface area contributed by atoms with E-state index in [0.717, 1.165) is 10.2 Å². The third-order valence-electron chi connectivity index (χ3n) is 3.28. The van der Waals surface area contributed by atoms with Gasteiger partial charge in [0.05, 0.1) is 15.1 Å². The lowest BCUT2D eigenvalue weighted by Crippen LogP contribution is -2.54. The van der Waals surface area contributed by atoms with E-state index >= 15 is 0 Å². The number of aryl methyl sites for hydroxylation is 1. The van der Waals surface area contributed by atoms with Crippen LogP contribution in [0.5, 0.6) is 0 Å². The molecule has 0 atom stereocenters. The van der Waals surface area contributed by atoms with E-state index in [0.29, 0.717) is 17.7 Å². The zero-order valence-electron chi connectivity index (χ0n) is 10.3. The van der Waals surface area contributed by atoms with E-state index in [9.17, 15) is 13.2 Å². The normalized spacial score (nSPS) is 18.0. The number of thiophene rings is 1. The van der Waals surface area contributed by atoms with Crippen molar-refractivity contribution in [3.63, 3.8) is 0 Å². The summed E-state index contributed by atoms with van der Waals surface area (Å²) >= 11 is 4.60. The minimum atomic E-state index is -3.67. The van der Waals surface area contributed by atoms with Crippen LogP contribution in [0.15, 0.2) is 14.7 Å². The Morgan fingerprint density at radius 1 is 1.58 bits per heavy atom. The summed E-state index contributed by atoms with van der Waals surface area (Å²) in [6.45, 7) is 1.73. The van der Waals surface area contributed by atoms with E-state index in [1.165, 1.54) is 11.3 Å². The molecular weight excluding hydrogens is 354 g/mol. The number of carboxylic acid groups (broad SMARTS) is 1. The molecule has 0 saturated heterocycles. The topological polar surface area (TPSA) is 83.5 Å². The second-order valence-electron chi connectivity index (χ2n) is 4.78. The van der Waals surface area contributed by atoms with E-state index in [1.807, 2.05) is 0 Å². The molecule has 1 aliphatic carbocycles. The monoisotopic (exact) mass is 367 g/mol. The smallest absolute Gasteiger partial charge is 0.305 e. The Balaban J connectivity index is 2.26. The highest BCUT2D eigenvalue weighted by atomic mass is 79.9. The maximum Gasteiger partial charge on any atom is 0.305 e. The number of carbonyl (C=O) groups is 1. The van der Waals surface area contributed by atoms with Crippen LogP contribution in [-0.2, 0) is 14.8 Å². The predicted molar refractivity (Wildman–Crippen MR) is 75.9 cm³/mol. The first kappa shape index (κ1) is 15.0. The third kappa shape index (κ3) is 3.18. The summed E-state index contributed by atoms with van der Waals surface area (Å²) in [4.78, 5) is 11.8. The molecule has 5 nitrogen and oxygen atoms in total. The molecule has 8 heteroatoms. The molecule has 0 aliphatic heterocycles. The van der Waals surface area contributed by atoms with Crippen LogP contribution < -0.4 is 4.72 Å². The molecule has 2 rings (SSSR count). The first-order chi connectivity index (χ1) is 8.74. The molecule has 1 aliphatic rings. The van der Waals surface area contributed by atoms with E-state index in [-0.39, 0.29) is 11.3 Å². The van der Waals surface area contributed by atoms with Crippen LogP contribution >= 0.6 is 27.3 Å². The Morgan fingerprint density at radius 3 is 2.58 bits per heavy atom. The summed E-state index contributed by atoms with van der Waals surface area (Å²) in [5.41, 5.74) is -0.814. The van der Waals surface area contributed by atoms with Crippen molar-refractivity contribution in [2.24, 2.45) is 0 Å². The minimum Gasteiger partial charge on any atom is -0.481 e. The van der Waals surface area contributed by atoms with Crippen LogP contribution in [0.3, 0.4) is 0 Å². The van der Waals surface area contributed by atoms with E-state index in [1.54, 1.807) is 13.0 Å². The quantitative estimate of drug-likeness (QED) is 0.837. The standard InChI is InChI=1S/C11H14BrNO4S2/c1-7-8(5-9(12)18-7)19(16,17)13-11(3-2-4-11)6-10(14)15/h5,13H,2-4,6H2,1H3,(H,14,15). The molecule has 2 N–H and O–H groups in total. The van der Waals surface area contributed by atoms with Gasteiger partial charge < -0.3 is 5.11 Å². The lowest BCUT2D eigenvalue weighted by Gasteiger charge is -2.40. The molecule has 0 radical (unpaired) electrons. The fourth-order valence-electron chi connectivity index (χ4n) is 2.25. The molecule has 1 fully saturated rings. The number of nitrogens with one attached hydrogen (secondary N) is 1. The molecule has 1 saturated carbocycles. The van der Waals surface area contributed by atoms with Crippen molar-refractivity contribution in [3.8, 4) is 0 Å². The summed E-state index contributed by atoms with van der Waals surface area (Å²) in [7, 11) is -3.67. The molecule has 0 spiro atoms. The van der Waals surface area contributed by atoms with Crippen molar-refractivity contribution in [2.75, 3.05) is 0 Å².